The summed E-state index contributed by atoms with van der Waals surface area (Å²) in [6, 6.07) is 5.59. The molecular weight excluding hydrogens is 260 g/mol. The van der Waals surface area contributed by atoms with Gasteiger partial charge in [0, 0.05) is 18.9 Å². The van der Waals surface area contributed by atoms with E-state index < -0.39 is 10.1 Å². The zero-order valence-corrected chi connectivity index (χ0v) is 10.6. The predicted molar refractivity (Wildman–Crippen MR) is 67.3 cm³/mol. The van der Waals surface area contributed by atoms with Gasteiger partial charge in [-0.25, -0.2) is 0 Å². The van der Waals surface area contributed by atoms with Gasteiger partial charge in [0.05, 0.1) is 5.75 Å². The van der Waals surface area contributed by atoms with Crippen LogP contribution in [-0.4, -0.2) is 27.7 Å². The third-order valence-corrected chi connectivity index (χ3v) is 3.60. The van der Waals surface area contributed by atoms with Crippen LogP contribution in [0.25, 0.3) is 5.65 Å². The average molecular weight is 272 g/mol. The van der Waals surface area contributed by atoms with Gasteiger partial charge in [0.25, 0.3) is 10.1 Å². The van der Waals surface area contributed by atoms with Crippen molar-refractivity contribution >= 4 is 28.0 Å². The lowest BCUT2D eigenvalue weighted by atomic mass is 10.4. The summed E-state index contributed by atoms with van der Waals surface area (Å²) in [5.41, 5.74) is 0.910. The van der Waals surface area contributed by atoms with Crippen molar-refractivity contribution in [3.05, 3.63) is 35.2 Å². The molecule has 2 aromatic heterocycles. The molecule has 0 aliphatic carbocycles. The van der Waals surface area contributed by atoms with Gasteiger partial charge < -0.3 is 4.57 Å². The number of nitrogens with zero attached hydrogens (tertiary/aromatic N) is 2. The van der Waals surface area contributed by atoms with Gasteiger partial charge in [-0.15, -0.1) is 0 Å². The number of hydrogen-bond donors (Lipinski definition) is 1. The summed E-state index contributed by atoms with van der Waals surface area (Å²) in [5, 5.41) is 0. The number of fused-ring (bicyclic) bond motifs is 1. The minimum Gasteiger partial charge on any atom is -0.333 e. The molecule has 2 heterocycles. The van der Waals surface area contributed by atoms with E-state index in [9.17, 15) is 8.42 Å². The van der Waals surface area contributed by atoms with Gasteiger partial charge in [-0.3, -0.25) is 8.95 Å². The Morgan fingerprint density at radius 2 is 2.06 bits per heavy atom. The van der Waals surface area contributed by atoms with Crippen molar-refractivity contribution in [3.63, 3.8) is 0 Å². The quantitative estimate of drug-likeness (QED) is 0.680. The van der Waals surface area contributed by atoms with Crippen molar-refractivity contribution in [2.24, 2.45) is 0 Å². The normalized spacial score (nSPS) is 12.1. The van der Waals surface area contributed by atoms with Crippen molar-refractivity contribution < 1.29 is 13.0 Å². The highest BCUT2D eigenvalue weighted by molar-refractivity contribution is 7.85. The highest BCUT2D eigenvalue weighted by Gasteiger charge is 2.05. The third-order valence-electron chi connectivity index (χ3n) is 2.46. The van der Waals surface area contributed by atoms with Crippen LogP contribution in [0, 0.1) is 4.64 Å². The number of imidazole rings is 1. The summed E-state index contributed by atoms with van der Waals surface area (Å²) in [6.45, 7) is 0.523. The third kappa shape index (κ3) is 2.93. The Morgan fingerprint density at radius 3 is 2.76 bits per heavy atom. The van der Waals surface area contributed by atoms with E-state index in [2.05, 4.69) is 0 Å². The summed E-state index contributed by atoms with van der Waals surface area (Å²) in [6.07, 6.45) is 4.05. The second-order valence-electron chi connectivity index (χ2n) is 3.72. The maximum atomic E-state index is 10.6. The minimum absolute atomic E-state index is 0.231. The maximum Gasteiger partial charge on any atom is 0.264 e. The molecular formula is C10H12N2O3S2. The molecule has 92 valence electrons. The largest absolute Gasteiger partial charge is 0.333 e. The Hall–Kier alpha value is -1.18. The van der Waals surface area contributed by atoms with Crippen LogP contribution >= 0.6 is 12.2 Å². The number of aryl methyl sites for hydroxylation is 1. The molecule has 5 nitrogen and oxygen atoms in total. The molecule has 0 fully saturated rings. The minimum atomic E-state index is -3.88. The van der Waals surface area contributed by atoms with Gasteiger partial charge in [0.2, 0.25) is 0 Å². The van der Waals surface area contributed by atoms with Gasteiger partial charge in [-0.1, -0.05) is 18.3 Å². The highest BCUT2D eigenvalue weighted by Crippen LogP contribution is 2.07. The van der Waals surface area contributed by atoms with Crippen LogP contribution < -0.4 is 0 Å². The standard InChI is InChI=1S/C10H12N2O3S2/c13-17(14,15)8-2-5-11-6-7-12-9(11)3-1-4-10(12)16/h1,3-4,6-7H,2,5,8H2,(H,13,14,15). The first-order chi connectivity index (χ1) is 7.97. The molecule has 0 atom stereocenters. The number of rotatable bonds is 4. The molecule has 0 radical (unpaired) electrons. The number of pyridine rings is 1. The predicted octanol–water partition coefficient (Wildman–Crippen LogP) is 1.75. The molecule has 7 heteroatoms. The Labute approximate surface area is 104 Å². The zero-order chi connectivity index (χ0) is 12.5. The lowest BCUT2D eigenvalue weighted by Gasteiger charge is -2.03. The van der Waals surface area contributed by atoms with Crippen LogP contribution in [0.3, 0.4) is 0 Å². The fourth-order valence-electron chi connectivity index (χ4n) is 1.70. The van der Waals surface area contributed by atoms with Gasteiger partial charge >= 0.3 is 0 Å². The van der Waals surface area contributed by atoms with Crippen molar-refractivity contribution in [1.82, 2.24) is 8.97 Å². The molecule has 2 aromatic rings. The van der Waals surface area contributed by atoms with Crippen LogP contribution in [0.1, 0.15) is 6.42 Å². The van der Waals surface area contributed by atoms with E-state index in [0.29, 0.717) is 17.6 Å². The highest BCUT2D eigenvalue weighted by atomic mass is 32.2. The summed E-state index contributed by atoms with van der Waals surface area (Å²) in [5.74, 6) is -0.231. The summed E-state index contributed by atoms with van der Waals surface area (Å²) >= 11 is 5.15. The van der Waals surface area contributed by atoms with Crippen molar-refractivity contribution in [2.75, 3.05) is 5.75 Å². The van der Waals surface area contributed by atoms with E-state index in [-0.39, 0.29) is 5.75 Å². The molecule has 0 aromatic carbocycles. The Bertz CT molecular complexity index is 685. The Morgan fingerprint density at radius 1 is 1.29 bits per heavy atom. The van der Waals surface area contributed by atoms with Gasteiger partial charge in [-0.05, 0) is 18.6 Å². The Balaban J connectivity index is 2.20. The first kappa shape index (κ1) is 12.3. The molecule has 17 heavy (non-hydrogen) atoms. The molecule has 0 amide bonds. The van der Waals surface area contributed by atoms with Crippen LogP contribution in [0.5, 0.6) is 0 Å². The zero-order valence-electron chi connectivity index (χ0n) is 8.98. The van der Waals surface area contributed by atoms with E-state index in [1.807, 2.05) is 39.6 Å². The van der Waals surface area contributed by atoms with E-state index in [1.54, 1.807) is 0 Å². The van der Waals surface area contributed by atoms with E-state index in [0.717, 1.165) is 5.65 Å². The molecule has 0 spiro atoms. The molecule has 0 bridgehead atoms. The second kappa shape index (κ2) is 4.59. The maximum absolute atomic E-state index is 10.6. The summed E-state index contributed by atoms with van der Waals surface area (Å²) in [4.78, 5) is 0. The monoisotopic (exact) mass is 272 g/mol. The molecule has 0 saturated heterocycles. The van der Waals surface area contributed by atoms with Crippen molar-refractivity contribution in [1.29, 1.82) is 0 Å². The molecule has 0 unspecified atom stereocenters. The van der Waals surface area contributed by atoms with Gasteiger partial charge in [0.1, 0.15) is 10.3 Å². The SMILES string of the molecule is O=S(=O)(O)CCCn1ccn2c(=S)cccc12. The molecule has 0 aliphatic rings. The van der Waals surface area contributed by atoms with Gasteiger partial charge in [0.15, 0.2) is 0 Å². The summed E-state index contributed by atoms with van der Waals surface area (Å²) in [7, 11) is -3.88. The molecule has 0 aliphatic heterocycles. The van der Waals surface area contributed by atoms with Crippen molar-refractivity contribution in [3.8, 4) is 0 Å². The summed E-state index contributed by atoms with van der Waals surface area (Å²) < 4.78 is 34.3. The van der Waals surface area contributed by atoms with Crippen LogP contribution in [0.2, 0.25) is 0 Å². The van der Waals surface area contributed by atoms with E-state index in [4.69, 9.17) is 16.8 Å². The first-order valence-electron chi connectivity index (χ1n) is 5.09. The molecule has 1 N–H and O–H groups in total. The Kier molecular flexibility index (Phi) is 3.32. The fourth-order valence-corrected chi connectivity index (χ4v) is 2.43. The van der Waals surface area contributed by atoms with E-state index in [1.165, 1.54) is 0 Å². The lowest BCUT2D eigenvalue weighted by Crippen LogP contribution is -2.07. The number of hydrogen-bond acceptors (Lipinski definition) is 3. The van der Waals surface area contributed by atoms with Crippen LogP contribution in [0.4, 0.5) is 0 Å². The topological polar surface area (TPSA) is 63.7 Å². The smallest absolute Gasteiger partial charge is 0.264 e. The molecule has 2 rings (SSSR count). The average Bonchev–Trinajstić information content (AvgIpc) is 2.61. The second-order valence-corrected chi connectivity index (χ2v) is 5.71. The van der Waals surface area contributed by atoms with Crippen molar-refractivity contribution in [2.45, 2.75) is 13.0 Å². The molecule has 0 saturated carbocycles. The van der Waals surface area contributed by atoms with E-state index >= 15 is 0 Å². The fraction of sp³-hybridized carbons (Fsp3) is 0.300. The van der Waals surface area contributed by atoms with Crippen LogP contribution in [-0.2, 0) is 16.7 Å². The van der Waals surface area contributed by atoms with Crippen LogP contribution in [0.15, 0.2) is 30.6 Å². The van der Waals surface area contributed by atoms with Gasteiger partial charge in [-0.2, -0.15) is 8.42 Å². The lowest BCUT2D eigenvalue weighted by molar-refractivity contribution is 0.478. The number of aromatic nitrogens is 2. The first-order valence-corrected chi connectivity index (χ1v) is 7.11.